The van der Waals surface area contributed by atoms with E-state index >= 15 is 0 Å². The minimum Gasteiger partial charge on any atom is -0.394 e. The smallest absolute Gasteiger partial charge is 0.252 e. The van der Waals surface area contributed by atoms with E-state index in [0.29, 0.717) is 5.82 Å². The molecule has 1 atom stereocenters. The number of hydrogen-bond acceptors (Lipinski definition) is 4. The van der Waals surface area contributed by atoms with Crippen LogP contribution in [0.1, 0.15) is 20.3 Å². The van der Waals surface area contributed by atoms with E-state index in [9.17, 15) is 4.79 Å². The molecule has 1 aromatic rings. The normalized spacial score (nSPS) is 14.8. The second-order valence-corrected chi connectivity index (χ2v) is 3.49. The van der Waals surface area contributed by atoms with Crippen LogP contribution in [0.15, 0.2) is 17.2 Å². The standard InChI is InChI=1S/C9H15N3O2/c1-3-9(2,5-13)12-7-4-8(14)11-6-10-7/h4,6,13H,3,5H2,1-2H3,(H2,10,11,12,14). The van der Waals surface area contributed by atoms with Crippen LogP contribution in [0.25, 0.3) is 0 Å². The number of anilines is 1. The molecule has 0 spiro atoms. The number of aliphatic hydroxyl groups is 1. The van der Waals surface area contributed by atoms with Crippen molar-refractivity contribution in [2.24, 2.45) is 0 Å². The van der Waals surface area contributed by atoms with Crippen molar-refractivity contribution in [2.45, 2.75) is 25.8 Å². The van der Waals surface area contributed by atoms with E-state index in [1.807, 2.05) is 13.8 Å². The Labute approximate surface area is 82.2 Å². The Morgan fingerprint density at radius 2 is 2.43 bits per heavy atom. The fourth-order valence-corrected chi connectivity index (χ4v) is 0.986. The van der Waals surface area contributed by atoms with Crippen LogP contribution in [0.4, 0.5) is 5.82 Å². The van der Waals surface area contributed by atoms with Crippen LogP contribution in [-0.4, -0.2) is 27.2 Å². The van der Waals surface area contributed by atoms with Crippen molar-refractivity contribution in [1.29, 1.82) is 0 Å². The lowest BCUT2D eigenvalue weighted by Gasteiger charge is -2.27. The van der Waals surface area contributed by atoms with Gasteiger partial charge in [0, 0.05) is 6.07 Å². The Bertz CT molecular complexity index is 344. The Morgan fingerprint density at radius 1 is 1.71 bits per heavy atom. The maximum atomic E-state index is 11.0. The summed E-state index contributed by atoms with van der Waals surface area (Å²) in [4.78, 5) is 17.3. The Morgan fingerprint density at radius 3 is 2.93 bits per heavy atom. The van der Waals surface area contributed by atoms with Crippen LogP contribution in [0.5, 0.6) is 0 Å². The highest BCUT2D eigenvalue weighted by Gasteiger charge is 2.20. The van der Waals surface area contributed by atoms with Crippen LogP contribution < -0.4 is 10.9 Å². The second-order valence-electron chi connectivity index (χ2n) is 3.49. The Hall–Kier alpha value is -1.36. The molecular formula is C9H15N3O2. The van der Waals surface area contributed by atoms with Gasteiger partial charge in [0.2, 0.25) is 0 Å². The number of aliphatic hydroxyl groups excluding tert-OH is 1. The lowest BCUT2D eigenvalue weighted by molar-refractivity contribution is 0.218. The van der Waals surface area contributed by atoms with Crippen molar-refractivity contribution in [3.8, 4) is 0 Å². The summed E-state index contributed by atoms with van der Waals surface area (Å²) < 4.78 is 0. The molecular weight excluding hydrogens is 182 g/mol. The lowest BCUT2D eigenvalue weighted by atomic mass is 10.0. The van der Waals surface area contributed by atoms with Gasteiger partial charge in [0.25, 0.3) is 5.56 Å². The van der Waals surface area contributed by atoms with Gasteiger partial charge in [-0.2, -0.15) is 0 Å². The Kier molecular flexibility index (Phi) is 3.24. The number of aromatic amines is 1. The van der Waals surface area contributed by atoms with Gasteiger partial charge in [-0.1, -0.05) is 6.92 Å². The van der Waals surface area contributed by atoms with E-state index < -0.39 is 5.54 Å². The summed E-state index contributed by atoms with van der Waals surface area (Å²) >= 11 is 0. The minimum absolute atomic E-state index is 0.00200. The van der Waals surface area contributed by atoms with Gasteiger partial charge in [0.15, 0.2) is 0 Å². The predicted octanol–water partition coefficient (Wildman–Crippen LogP) is 0.343. The molecule has 5 heteroatoms. The number of hydrogen-bond donors (Lipinski definition) is 3. The van der Waals surface area contributed by atoms with Crippen molar-refractivity contribution in [3.63, 3.8) is 0 Å². The van der Waals surface area contributed by atoms with Crippen molar-refractivity contribution < 1.29 is 5.11 Å². The van der Waals surface area contributed by atoms with Gasteiger partial charge < -0.3 is 15.4 Å². The highest BCUT2D eigenvalue weighted by atomic mass is 16.3. The van der Waals surface area contributed by atoms with Gasteiger partial charge in [-0.15, -0.1) is 0 Å². The number of nitrogens with one attached hydrogen (secondary N) is 2. The molecule has 1 rings (SSSR count). The predicted molar refractivity (Wildman–Crippen MR) is 54.3 cm³/mol. The molecule has 78 valence electrons. The first-order valence-electron chi connectivity index (χ1n) is 4.53. The van der Waals surface area contributed by atoms with Crippen LogP contribution in [-0.2, 0) is 0 Å². The molecule has 0 fully saturated rings. The van der Waals surface area contributed by atoms with Gasteiger partial charge >= 0.3 is 0 Å². The molecule has 0 radical (unpaired) electrons. The molecule has 0 bridgehead atoms. The van der Waals surface area contributed by atoms with Crippen LogP contribution in [0, 0.1) is 0 Å². The zero-order valence-corrected chi connectivity index (χ0v) is 8.37. The van der Waals surface area contributed by atoms with Gasteiger partial charge in [0.05, 0.1) is 18.5 Å². The summed E-state index contributed by atoms with van der Waals surface area (Å²) in [6.45, 7) is 3.82. The van der Waals surface area contributed by atoms with E-state index in [1.165, 1.54) is 12.4 Å². The SMILES string of the molecule is CCC(C)(CO)Nc1cc(=O)[nH]cn1. The molecule has 1 heterocycles. The van der Waals surface area contributed by atoms with Crippen LogP contribution in [0.3, 0.4) is 0 Å². The molecule has 5 nitrogen and oxygen atoms in total. The number of rotatable bonds is 4. The summed E-state index contributed by atoms with van der Waals surface area (Å²) in [5.41, 5.74) is -0.639. The zero-order valence-electron chi connectivity index (χ0n) is 8.37. The molecule has 0 amide bonds. The zero-order chi connectivity index (χ0) is 10.6. The van der Waals surface area contributed by atoms with Crippen LogP contribution in [0.2, 0.25) is 0 Å². The summed E-state index contributed by atoms with van der Waals surface area (Å²) in [5.74, 6) is 0.479. The third-order valence-corrected chi connectivity index (χ3v) is 2.24. The van der Waals surface area contributed by atoms with Crippen molar-refractivity contribution in [1.82, 2.24) is 9.97 Å². The fraction of sp³-hybridized carbons (Fsp3) is 0.556. The average molecular weight is 197 g/mol. The maximum absolute atomic E-state index is 11.0. The first-order chi connectivity index (χ1) is 6.59. The lowest BCUT2D eigenvalue weighted by Crippen LogP contribution is -2.38. The molecule has 0 aliphatic carbocycles. The summed E-state index contributed by atoms with van der Waals surface area (Å²) in [5, 5.41) is 12.2. The van der Waals surface area contributed by atoms with Gasteiger partial charge in [-0.3, -0.25) is 4.79 Å². The summed E-state index contributed by atoms with van der Waals surface area (Å²) in [6.07, 6.45) is 2.08. The van der Waals surface area contributed by atoms with E-state index in [2.05, 4.69) is 15.3 Å². The third kappa shape index (κ3) is 2.56. The average Bonchev–Trinajstić information content (AvgIpc) is 2.18. The topological polar surface area (TPSA) is 78.0 Å². The van der Waals surface area contributed by atoms with E-state index in [1.54, 1.807) is 0 Å². The Balaban J connectivity index is 2.82. The highest BCUT2D eigenvalue weighted by molar-refractivity contribution is 5.35. The number of H-pyrrole nitrogens is 1. The third-order valence-electron chi connectivity index (χ3n) is 2.24. The molecule has 0 saturated heterocycles. The molecule has 1 aromatic heterocycles. The van der Waals surface area contributed by atoms with Gasteiger partial charge in [-0.05, 0) is 13.3 Å². The van der Waals surface area contributed by atoms with E-state index in [4.69, 9.17) is 5.11 Å². The van der Waals surface area contributed by atoms with Crippen LogP contribution >= 0.6 is 0 Å². The molecule has 0 aliphatic heterocycles. The first-order valence-corrected chi connectivity index (χ1v) is 4.53. The molecule has 0 saturated carbocycles. The van der Waals surface area contributed by atoms with Crippen molar-refractivity contribution >= 4 is 5.82 Å². The number of aromatic nitrogens is 2. The minimum atomic E-state index is -0.430. The second kappa shape index (κ2) is 4.23. The summed E-state index contributed by atoms with van der Waals surface area (Å²) in [6, 6.07) is 1.36. The highest BCUT2D eigenvalue weighted by Crippen LogP contribution is 2.14. The van der Waals surface area contributed by atoms with Gasteiger partial charge in [0.1, 0.15) is 5.82 Å². The number of nitrogens with zero attached hydrogens (tertiary/aromatic N) is 1. The van der Waals surface area contributed by atoms with E-state index in [-0.39, 0.29) is 12.2 Å². The maximum Gasteiger partial charge on any atom is 0.252 e. The molecule has 0 aromatic carbocycles. The van der Waals surface area contributed by atoms with E-state index in [0.717, 1.165) is 6.42 Å². The van der Waals surface area contributed by atoms with Crippen molar-refractivity contribution in [2.75, 3.05) is 11.9 Å². The summed E-state index contributed by atoms with van der Waals surface area (Å²) in [7, 11) is 0. The van der Waals surface area contributed by atoms with Crippen molar-refractivity contribution in [3.05, 3.63) is 22.7 Å². The molecule has 14 heavy (non-hydrogen) atoms. The quantitative estimate of drug-likeness (QED) is 0.650. The monoisotopic (exact) mass is 197 g/mol. The molecule has 0 aliphatic rings. The molecule has 1 unspecified atom stereocenters. The molecule has 3 N–H and O–H groups in total. The van der Waals surface area contributed by atoms with Gasteiger partial charge in [-0.25, -0.2) is 4.98 Å². The first kappa shape index (κ1) is 10.7. The largest absolute Gasteiger partial charge is 0.394 e. The fourth-order valence-electron chi connectivity index (χ4n) is 0.986.